The number of amides is 1. The Balaban J connectivity index is 1.85. The second-order valence-electron chi connectivity index (χ2n) is 8.35. The molecule has 1 saturated heterocycles. The molecule has 13 heteroatoms. The number of amidine groups is 1. The largest absolute Gasteiger partial charge is 0.493 e. The van der Waals surface area contributed by atoms with Gasteiger partial charge in [-0.15, -0.1) is 0 Å². The van der Waals surface area contributed by atoms with Crippen LogP contribution in [0.2, 0.25) is 0 Å². The van der Waals surface area contributed by atoms with Crippen molar-refractivity contribution in [2.24, 2.45) is 4.99 Å². The van der Waals surface area contributed by atoms with Crippen LogP contribution in [0.1, 0.15) is 36.1 Å². The Kier molecular flexibility index (Phi) is 9.94. The predicted molar refractivity (Wildman–Crippen MR) is 138 cm³/mol. The molecule has 0 aromatic heterocycles. The van der Waals surface area contributed by atoms with E-state index in [9.17, 15) is 31.1 Å². The number of nitrogens with zero attached hydrogens (tertiary/aromatic N) is 2. The summed E-state index contributed by atoms with van der Waals surface area (Å²) in [6.45, 7) is 6.36. The highest BCUT2D eigenvalue weighted by molar-refractivity contribution is 8.18. The molecule has 1 heterocycles. The van der Waals surface area contributed by atoms with Crippen molar-refractivity contribution in [3.05, 3.63) is 63.6 Å². The molecule has 0 saturated carbocycles. The van der Waals surface area contributed by atoms with Crippen molar-refractivity contribution >= 4 is 28.9 Å². The van der Waals surface area contributed by atoms with Gasteiger partial charge in [-0.25, -0.2) is 0 Å². The minimum atomic E-state index is -5.02. The van der Waals surface area contributed by atoms with Gasteiger partial charge in [-0.2, -0.15) is 26.3 Å². The molecule has 212 valence electrons. The second-order valence-corrected chi connectivity index (χ2v) is 9.36. The van der Waals surface area contributed by atoms with E-state index in [-0.39, 0.29) is 22.8 Å². The average Bonchev–Trinajstić information content (AvgIpc) is 3.22. The van der Waals surface area contributed by atoms with Crippen LogP contribution in [-0.2, 0) is 19.0 Å². The van der Waals surface area contributed by atoms with Crippen LogP contribution in [0.25, 0.3) is 6.08 Å². The number of hydrogen-bond donors (Lipinski definition) is 1. The summed E-state index contributed by atoms with van der Waals surface area (Å²) < 4.78 is 90.3. The summed E-state index contributed by atoms with van der Waals surface area (Å²) in [7, 11) is 1.34. The summed E-state index contributed by atoms with van der Waals surface area (Å²) in [4.78, 5) is 19.2. The van der Waals surface area contributed by atoms with Gasteiger partial charge in [-0.3, -0.25) is 9.79 Å². The van der Waals surface area contributed by atoms with Crippen LogP contribution in [0.3, 0.4) is 0 Å². The summed E-state index contributed by atoms with van der Waals surface area (Å²) >= 11 is 0.951. The number of rotatable bonds is 10. The number of hydrogen-bond acceptors (Lipinski definition) is 6. The molecule has 6 nitrogen and oxygen atoms in total. The lowest BCUT2D eigenvalue weighted by atomic mass is 10.0. The number of halogens is 6. The molecule has 0 bridgehead atoms. The average molecular weight is 576 g/mol. The zero-order valence-corrected chi connectivity index (χ0v) is 22.2. The zero-order valence-electron chi connectivity index (χ0n) is 21.4. The molecule has 0 radical (unpaired) electrons. The standard InChI is InChI=1S/C26H27F6N3O3S/c1-4-35(5-2)11-10-33-23-22(39-24(36)34-23)13-16-6-9-20(37-3)21(12-16)38-15-17-7-8-18(25(27,28)29)14-19(17)26(30,31)32/h6-9,12-14H,4-5,10-11,15H2,1-3H3,(H,33,34,36). The highest BCUT2D eigenvalue weighted by Gasteiger charge is 2.38. The topological polar surface area (TPSA) is 63.2 Å². The fourth-order valence-corrected chi connectivity index (χ4v) is 4.49. The monoisotopic (exact) mass is 575 g/mol. The number of aliphatic imine (C=N–C) groups is 1. The number of carbonyl (C=O) groups is 1. The molecular weight excluding hydrogens is 548 g/mol. The van der Waals surface area contributed by atoms with Crippen molar-refractivity contribution in [2.45, 2.75) is 32.8 Å². The van der Waals surface area contributed by atoms with Gasteiger partial charge >= 0.3 is 12.4 Å². The van der Waals surface area contributed by atoms with Crippen molar-refractivity contribution < 1.29 is 40.6 Å². The third-order valence-electron chi connectivity index (χ3n) is 5.85. The molecule has 1 fully saturated rings. The highest BCUT2D eigenvalue weighted by atomic mass is 32.2. The Hall–Kier alpha value is -3.19. The van der Waals surface area contributed by atoms with Crippen molar-refractivity contribution in [3.8, 4) is 11.5 Å². The first-order valence-corrected chi connectivity index (χ1v) is 12.7. The fraction of sp³-hybridized carbons (Fsp3) is 0.385. The maximum atomic E-state index is 13.5. The molecule has 0 unspecified atom stereocenters. The van der Waals surface area contributed by atoms with E-state index < -0.39 is 35.6 Å². The number of likely N-dealkylation sites (N-methyl/N-ethyl adjacent to an activating group) is 1. The molecule has 2 aromatic carbocycles. The summed E-state index contributed by atoms with van der Waals surface area (Å²) in [6, 6.07) is 6.09. The first kappa shape index (κ1) is 30.4. The van der Waals surface area contributed by atoms with E-state index in [2.05, 4.69) is 15.2 Å². The number of nitrogens with one attached hydrogen (secondary N) is 1. The molecule has 0 aliphatic carbocycles. The summed E-state index contributed by atoms with van der Waals surface area (Å²) in [5.74, 6) is 0.691. The van der Waals surface area contributed by atoms with Crippen molar-refractivity contribution in [1.82, 2.24) is 10.2 Å². The van der Waals surface area contributed by atoms with Crippen LogP contribution in [0.15, 0.2) is 46.3 Å². The van der Waals surface area contributed by atoms with Crippen LogP contribution in [0.5, 0.6) is 11.5 Å². The highest BCUT2D eigenvalue weighted by Crippen LogP contribution is 2.38. The second kappa shape index (κ2) is 12.8. The fourth-order valence-electron chi connectivity index (χ4n) is 3.74. The van der Waals surface area contributed by atoms with E-state index in [1.54, 1.807) is 12.1 Å². The normalized spacial score (nSPS) is 16.3. The maximum absolute atomic E-state index is 13.5. The Labute approximate surface area is 226 Å². The van der Waals surface area contributed by atoms with Gasteiger partial charge in [0.15, 0.2) is 11.5 Å². The van der Waals surface area contributed by atoms with Gasteiger partial charge in [0.05, 0.1) is 29.7 Å². The summed E-state index contributed by atoms with van der Waals surface area (Å²) in [6.07, 6.45) is -8.27. The molecule has 1 N–H and O–H groups in total. The van der Waals surface area contributed by atoms with Gasteiger partial charge in [0.2, 0.25) is 0 Å². The molecule has 3 rings (SSSR count). The van der Waals surface area contributed by atoms with Crippen LogP contribution in [-0.4, -0.2) is 49.3 Å². The Bertz CT molecular complexity index is 1240. The van der Waals surface area contributed by atoms with Crippen LogP contribution in [0.4, 0.5) is 31.1 Å². The van der Waals surface area contributed by atoms with E-state index >= 15 is 0 Å². The lowest BCUT2D eigenvalue weighted by Gasteiger charge is -2.17. The first-order valence-electron chi connectivity index (χ1n) is 11.9. The summed E-state index contributed by atoms with van der Waals surface area (Å²) in [5.41, 5.74) is -2.77. The molecule has 1 aliphatic rings. The third-order valence-corrected chi connectivity index (χ3v) is 6.67. The minimum Gasteiger partial charge on any atom is -0.493 e. The molecule has 2 aromatic rings. The van der Waals surface area contributed by atoms with E-state index in [0.29, 0.717) is 35.5 Å². The van der Waals surface area contributed by atoms with Gasteiger partial charge in [0.25, 0.3) is 5.24 Å². The molecular formula is C26H27F6N3O3S. The predicted octanol–water partition coefficient (Wildman–Crippen LogP) is 6.85. The Morgan fingerprint density at radius 2 is 1.72 bits per heavy atom. The number of benzene rings is 2. The van der Waals surface area contributed by atoms with Gasteiger partial charge in [0.1, 0.15) is 12.4 Å². The van der Waals surface area contributed by atoms with E-state index in [1.807, 2.05) is 13.8 Å². The molecule has 39 heavy (non-hydrogen) atoms. The SMILES string of the molecule is CCN(CC)CCN=C1NC(=O)SC1=Cc1ccc(OC)c(OCc2ccc(C(F)(F)F)cc2C(F)(F)F)c1. The zero-order chi connectivity index (χ0) is 28.8. The number of carbonyl (C=O) groups excluding carboxylic acids is 1. The van der Waals surface area contributed by atoms with Crippen LogP contribution in [0, 0.1) is 0 Å². The maximum Gasteiger partial charge on any atom is 0.416 e. The van der Waals surface area contributed by atoms with Gasteiger partial charge in [-0.05, 0) is 60.8 Å². The number of ether oxygens (including phenoxy) is 2. The molecule has 1 aliphatic heterocycles. The first-order chi connectivity index (χ1) is 18.3. The van der Waals surface area contributed by atoms with E-state index in [0.717, 1.165) is 30.9 Å². The number of alkyl halides is 6. The Morgan fingerprint density at radius 3 is 2.33 bits per heavy atom. The van der Waals surface area contributed by atoms with Crippen LogP contribution >= 0.6 is 11.8 Å². The molecule has 0 spiro atoms. The van der Waals surface area contributed by atoms with Crippen molar-refractivity contribution in [2.75, 3.05) is 33.3 Å². The van der Waals surface area contributed by atoms with E-state index in [1.165, 1.54) is 19.2 Å². The van der Waals surface area contributed by atoms with Crippen LogP contribution < -0.4 is 14.8 Å². The quantitative estimate of drug-likeness (QED) is 0.314. The molecule has 0 atom stereocenters. The number of thioether (sulfide) groups is 1. The molecule has 1 amide bonds. The van der Waals surface area contributed by atoms with Gasteiger partial charge < -0.3 is 19.7 Å². The van der Waals surface area contributed by atoms with Gasteiger partial charge in [0, 0.05) is 12.1 Å². The smallest absolute Gasteiger partial charge is 0.416 e. The van der Waals surface area contributed by atoms with Gasteiger partial charge in [-0.1, -0.05) is 26.0 Å². The van der Waals surface area contributed by atoms with Crippen molar-refractivity contribution in [3.63, 3.8) is 0 Å². The lowest BCUT2D eigenvalue weighted by Crippen LogP contribution is -2.27. The third kappa shape index (κ3) is 8.15. The number of methoxy groups -OCH3 is 1. The minimum absolute atomic E-state index is 0.0686. The summed E-state index contributed by atoms with van der Waals surface area (Å²) in [5, 5.41) is 2.40. The van der Waals surface area contributed by atoms with E-state index in [4.69, 9.17) is 9.47 Å². The Morgan fingerprint density at radius 1 is 1.00 bits per heavy atom. The van der Waals surface area contributed by atoms with Crippen molar-refractivity contribution in [1.29, 1.82) is 0 Å². The lowest BCUT2D eigenvalue weighted by molar-refractivity contribution is -0.143.